The molecular formula is C22H31ClN2O6. The van der Waals surface area contributed by atoms with Gasteiger partial charge in [0, 0.05) is 19.1 Å². The zero-order valence-corrected chi connectivity index (χ0v) is 19.3. The van der Waals surface area contributed by atoms with E-state index in [-0.39, 0.29) is 19.2 Å². The summed E-state index contributed by atoms with van der Waals surface area (Å²) in [5, 5.41) is 0. The monoisotopic (exact) mass is 454 g/mol. The highest BCUT2D eigenvalue weighted by molar-refractivity contribution is 6.19. The second-order valence-electron chi connectivity index (χ2n) is 8.40. The molecule has 2 rings (SSSR count). The second-order valence-corrected chi connectivity index (χ2v) is 9.01. The Morgan fingerprint density at radius 3 is 2.32 bits per heavy atom. The first kappa shape index (κ1) is 24.8. The van der Waals surface area contributed by atoms with E-state index in [2.05, 4.69) is 0 Å². The van der Waals surface area contributed by atoms with Gasteiger partial charge < -0.3 is 19.1 Å². The molecule has 1 aromatic carbocycles. The molecule has 8 nitrogen and oxygen atoms in total. The van der Waals surface area contributed by atoms with E-state index in [1.54, 1.807) is 27.7 Å². The Kier molecular flexibility index (Phi) is 8.98. The Balaban J connectivity index is 1.99. The van der Waals surface area contributed by atoms with Crippen molar-refractivity contribution >= 4 is 29.8 Å². The number of carbonyl (C=O) groups is 3. The molecule has 0 aliphatic carbocycles. The van der Waals surface area contributed by atoms with E-state index >= 15 is 0 Å². The van der Waals surface area contributed by atoms with E-state index < -0.39 is 29.3 Å². The number of halogens is 1. The number of hydrogen-bond acceptors (Lipinski definition) is 6. The first-order chi connectivity index (χ1) is 14.5. The summed E-state index contributed by atoms with van der Waals surface area (Å²) in [7, 11) is 0. The van der Waals surface area contributed by atoms with E-state index in [0.717, 1.165) is 5.56 Å². The number of ether oxygens (including phenoxy) is 3. The summed E-state index contributed by atoms with van der Waals surface area (Å²) in [6.45, 7) is 7.53. The van der Waals surface area contributed by atoms with E-state index in [1.807, 2.05) is 30.3 Å². The standard InChI is InChI=1S/C22H31ClN2O6/c1-16(23)30-20(27)24-12-10-18(11-13-24)25(21(28)31-22(2,3)4)14-19(26)29-15-17-8-6-5-7-9-17/h5-9,16,18H,10-15H2,1-4H3. The molecule has 2 amide bonds. The van der Waals surface area contributed by atoms with Crippen molar-refractivity contribution in [3.8, 4) is 0 Å². The molecule has 0 radical (unpaired) electrons. The lowest BCUT2D eigenvalue weighted by Gasteiger charge is -2.38. The molecular weight excluding hydrogens is 424 g/mol. The number of likely N-dealkylation sites (tertiary alicyclic amines) is 1. The molecule has 0 bridgehead atoms. The summed E-state index contributed by atoms with van der Waals surface area (Å²) in [5.74, 6) is -0.521. The number of rotatable bonds is 6. The van der Waals surface area contributed by atoms with Crippen molar-refractivity contribution < 1.29 is 28.6 Å². The van der Waals surface area contributed by atoms with Gasteiger partial charge in [0.15, 0.2) is 5.56 Å². The van der Waals surface area contributed by atoms with Gasteiger partial charge in [-0.05, 0) is 46.1 Å². The van der Waals surface area contributed by atoms with Crippen LogP contribution in [0.15, 0.2) is 30.3 Å². The maximum absolute atomic E-state index is 12.8. The van der Waals surface area contributed by atoms with Crippen LogP contribution in [-0.4, -0.2) is 64.8 Å². The minimum Gasteiger partial charge on any atom is -0.459 e. The molecule has 172 valence electrons. The highest BCUT2D eigenvalue weighted by Gasteiger charge is 2.34. The van der Waals surface area contributed by atoms with Crippen molar-refractivity contribution in [3.05, 3.63) is 35.9 Å². The molecule has 1 unspecified atom stereocenters. The Morgan fingerprint density at radius 1 is 1.16 bits per heavy atom. The summed E-state index contributed by atoms with van der Waals surface area (Å²) < 4.78 is 15.9. The molecule has 0 aromatic heterocycles. The molecule has 1 aliphatic heterocycles. The number of piperidine rings is 1. The first-order valence-electron chi connectivity index (χ1n) is 10.3. The smallest absolute Gasteiger partial charge is 0.411 e. The fourth-order valence-corrected chi connectivity index (χ4v) is 3.24. The third-order valence-corrected chi connectivity index (χ3v) is 4.69. The highest BCUT2D eigenvalue weighted by Crippen LogP contribution is 2.21. The molecule has 1 heterocycles. The van der Waals surface area contributed by atoms with E-state index in [1.165, 1.54) is 9.80 Å². The highest BCUT2D eigenvalue weighted by atomic mass is 35.5. The lowest BCUT2D eigenvalue weighted by atomic mass is 10.0. The van der Waals surface area contributed by atoms with Gasteiger partial charge in [0.2, 0.25) is 0 Å². The van der Waals surface area contributed by atoms with Crippen molar-refractivity contribution in [2.75, 3.05) is 19.6 Å². The van der Waals surface area contributed by atoms with Gasteiger partial charge in [0.1, 0.15) is 18.8 Å². The average Bonchev–Trinajstić information content (AvgIpc) is 2.69. The van der Waals surface area contributed by atoms with Crippen molar-refractivity contribution in [1.82, 2.24) is 9.80 Å². The van der Waals surface area contributed by atoms with Crippen LogP contribution >= 0.6 is 11.6 Å². The van der Waals surface area contributed by atoms with Crippen LogP contribution in [0.1, 0.15) is 46.1 Å². The number of hydrogen-bond donors (Lipinski definition) is 0. The molecule has 1 atom stereocenters. The van der Waals surface area contributed by atoms with Crippen LogP contribution in [0.5, 0.6) is 0 Å². The molecule has 9 heteroatoms. The summed E-state index contributed by atoms with van der Waals surface area (Å²) in [4.78, 5) is 40.2. The number of amides is 2. The average molecular weight is 455 g/mol. The second kappa shape index (κ2) is 11.2. The zero-order chi connectivity index (χ0) is 23.0. The zero-order valence-electron chi connectivity index (χ0n) is 18.5. The quantitative estimate of drug-likeness (QED) is 0.364. The van der Waals surface area contributed by atoms with Gasteiger partial charge in [-0.2, -0.15) is 0 Å². The van der Waals surface area contributed by atoms with Crippen LogP contribution in [0.4, 0.5) is 9.59 Å². The van der Waals surface area contributed by atoms with Gasteiger partial charge in [0.25, 0.3) is 0 Å². The molecule has 0 saturated carbocycles. The number of esters is 1. The van der Waals surface area contributed by atoms with Crippen LogP contribution in [0.25, 0.3) is 0 Å². The van der Waals surface area contributed by atoms with Crippen LogP contribution < -0.4 is 0 Å². The normalized spacial score (nSPS) is 15.7. The first-order valence-corrected chi connectivity index (χ1v) is 10.8. The molecule has 1 aromatic rings. The van der Waals surface area contributed by atoms with Crippen LogP contribution in [-0.2, 0) is 25.6 Å². The third-order valence-electron chi connectivity index (χ3n) is 4.60. The Hall–Kier alpha value is -2.48. The predicted octanol–water partition coefficient (Wildman–Crippen LogP) is 4.15. The predicted molar refractivity (Wildman–Crippen MR) is 116 cm³/mol. The van der Waals surface area contributed by atoms with Gasteiger partial charge >= 0.3 is 18.2 Å². The minimum atomic E-state index is -0.720. The van der Waals surface area contributed by atoms with Crippen molar-refractivity contribution in [2.24, 2.45) is 0 Å². The fraction of sp³-hybridized carbons (Fsp3) is 0.591. The molecule has 1 aliphatic rings. The van der Waals surface area contributed by atoms with Gasteiger partial charge in [-0.1, -0.05) is 41.9 Å². The summed E-state index contributed by atoms with van der Waals surface area (Å²) in [5.41, 5.74) is -0.563. The van der Waals surface area contributed by atoms with Gasteiger partial charge in [0.05, 0.1) is 0 Å². The summed E-state index contributed by atoms with van der Waals surface area (Å²) in [6, 6.07) is 9.05. The number of carbonyl (C=O) groups excluding carboxylic acids is 3. The van der Waals surface area contributed by atoms with Crippen LogP contribution in [0.3, 0.4) is 0 Å². The lowest BCUT2D eigenvalue weighted by molar-refractivity contribution is -0.147. The van der Waals surface area contributed by atoms with E-state index in [9.17, 15) is 14.4 Å². The number of benzene rings is 1. The maximum atomic E-state index is 12.8. The van der Waals surface area contributed by atoms with E-state index in [0.29, 0.717) is 25.9 Å². The molecule has 1 saturated heterocycles. The maximum Gasteiger partial charge on any atom is 0.411 e. The largest absolute Gasteiger partial charge is 0.459 e. The molecule has 31 heavy (non-hydrogen) atoms. The minimum absolute atomic E-state index is 0.128. The topological polar surface area (TPSA) is 85.4 Å². The van der Waals surface area contributed by atoms with Crippen LogP contribution in [0, 0.1) is 0 Å². The summed E-state index contributed by atoms with van der Waals surface area (Å²) in [6.07, 6.45) is -0.111. The van der Waals surface area contributed by atoms with Gasteiger partial charge in [-0.25, -0.2) is 9.59 Å². The van der Waals surface area contributed by atoms with Crippen LogP contribution in [0.2, 0.25) is 0 Å². The third kappa shape index (κ3) is 8.65. The molecule has 0 N–H and O–H groups in total. The lowest BCUT2D eigenvalue weighted by Crippen LogP contribution is -2.51. The van der Waals surface area contributed by atoms with E-state index in [4.69, 9.17) is 25.8 Å². The Bertz CT molecular complexity index is 742. The summed E-state index contributed by atoms with van der Waals surface area (Å²) >= 11 is 5.71. The van der Waals surface area contributed by atoms with Crippen molar-refractivity contribution in [3.63, 3.8) is 0 Å². The van der Waals surface area contributed by atoms with Crippen molar-refractivity contribution in [1.29, 1.82) is 0 Å². The van der Waals surface area contributed by atoms with Gasteiger partial charge in [-0.3, -0.25) is 9.69 Å². The Morgan fingerprint density at radius 2 is 1.77 bits per heavy atom. The Labute approximate surface area is 188 Å². The fourth-order valence-electron chi connectivity index (χ4n) is 3.16. The van der Waals surface area contributed by atoms with Gasteiger partial charge in [-0.15, -0.1) is 0 Å². The van der Waals surface area contributed by atoms with Crippen molar-refractivity contribution in [2.45, 2.75) is 64.3 Å². The molecule has 0 spiro atoms. The number of nitrogens with zero attached hydrogens (tertiary/aromatic N) is 2. The molecule has 1 fully saturated rings. The SMILES string of the molecule is CC(Cl)OC(=O)N1CCC(N(CC(=O)OCc2ccccc2)C(=O)OC(C)(C)C)CC1. The number of alkyl halides is 1.